The molecule has 0 spiro atoms. The average Bonchev–Trinajstić information content (AvgIpc) is 3.05. The summed E-state index contributed by atoms with van der Waals surface area (Å²) in [5, 5.41) is 2.93. The second kappa shape index (κ2) is 8.01. The summed E-state index contributed by atoms with van der Waals surface area (Å²) in [6, 6.07) is 12.7. The predicted molar refractivity (Wildman–Crippen MR) is 113 cm³/mol. The van der Waals surface area contributed by atoms with Crippen LogP contribution < -0.4 is 19.7 Å². The first-order chi connectivity index (χ1) is 15.9. The molecule has 0 radical (unpaired) electrons. The van der Waals surface area contributed by atoms with Crippen molar-refractivity contribution in [1.82, 2.24) is 0 Å². The van der Waals surface area contributed by atoms with Gasteiger partial charge in [-0.3, -0.25) is 9.59 Å². The molecule has 2 heterocycles. The van der Waals surface area contributed by atoms with Crippen molar-refractivity contribution in [2.45, 2.75) is 0 Å². The highest BCUT2D eigenvalue weighted by molar-refractivity contribution is 6.46. The number of rotatable bonds is 4. The van der Waals surface area contributed by atoms with E-state index in [0.717, 1.165) is 35.2 Å². The number of halogens is 3. The van der Waals surface area contributed by atoms with Crippen LogP contribution in [0.5, 0.6) is 11.5 Å². The lowest BCUT2D eigenvalue weighted by molar-refractivity contribution is -0.120. The van der Waals surface area contributed by atoms with Crippen LogP contribution in [0.1, 0.15) is 5.56 Å². The molecule has 5 rings (SSSR count). The van der Waals surface area contributed by atoms with Crippen molar-refractivity contribution in [3.05, 3.63) is 89.4 Å². The molecule has 2 aliphatic heterocycles. The van der Waals surface area contributed by atoms with E-state index in [1.54, 1.807) is 18.2 Å². The summed E-state index contributed by atoms with van der Waals surface area (Å²) in [6.07, 6.45) is 0. The van der Waals surface area contributed by atoms with E-state index in [-0.39, 0.29) is 22.5 Å². The number of benzene rings is 3. The van der Waals surface area contributed by atoms with Crippen LogP contribution in [0.15, 0.2) is 66.4 Å². The second-order valence-corrected chi connectivity index (χ2v) is 7.28. The maximum absolute atomic E-state index is 13.8. The summed E-state index contributed by atoms with van der Waals surface area (Å²) in [6.45, 7) is 0.775. The number of nitrogens with one attached hydrogen (secondary N) is 1. The Morgan fingerprint density at radius 1 is 0.758 bits per heavy atom. The van der Waals surface area contributed by atoms with Crippen LogP contribution >= 0.6 is 0 Å². The summed E-state index contributed by atoms with van der Waals surface area (Å²) in [5.74, 6) is -3.38. The number of nitrogens with zero attached hydrogens (tertiary/aromatic N) is 1. The first-order valence-corrected chi connectivity index (χ1v) is 9.93. The molecule has 6 nitrogen and oxygen atoms in total. The van der Waals surface area contributed by atoms with E-state index < -0.39 is 29.3 Å². The number of ether oxygens (including phenoxy) is 2. The SMILES string of the molecule is O=C1C(Nc2ccc3c(c2)OCCO3)=C(c2ccc(F)cc2)C(=O)N1c1ccc(F)c(F)c1. The van der Waals surface area contributed by atoms with Crippen LogP contribution in [0.25, 0.3) is 5.57 Å². The Morgan fingerprint density at radius 2 is 1.48 bits per heavy atom. The summed E-state index contributed by atoms with van der Waals surface area (Å²) < 4.78 is 51.8. The molecular formula is C24H15F3N2O4. The Morgan fingerprint density at radius 3 is 2.21 bits per heavy atom. The van der Waals surface area contributed by atoms with Crippen molar-refractivity contribution >= 4 is 28.8 Å². The Labute approximate surface area is 185 Å². The first-order valence-electron chi connectivity index (χ1n) is 9.93. The van der Waals surface area contributed by atoms with Gasteiger partial charge in [0.2, 0.25) is 0 Å². The van der Waals surface area contributed by atoms with Gasteiger partial charge in [-0.25, -0.2) is 18.1 Å². The van der Waals surface area contributed by atoms with Crippen LogP contribution in [-0.2, 0) is 9.59 Å². The highest BCUT2D eigenvalue weighted by atomic mass is 19.2. The zero-order valence-electron chi connectivity index (χ0n) is 16.9. The molecule has 2 aliphatic rings. The molecule has 0 aromatic heterocycles. The molecular weight excluding hydrogens is 437 g/mol. The second-order valence-electron chi connectivity index (χ2n) is 7.28. The number of amides is 2. The molecule has 3 aromatic rings. The highest BCUT2D eigenvalue weighted by Crippen LogP contribution is 2.37. The number of carbonyl (C=O) groups excluding carboxylic acids is 2. The highest BCUT2D eigenvalue weighted by Gasteiger charge is 2.40. The summed E-state index contributed by atoms with van der Waals surface area (Å²) >= 11 is 0. The fraction of sp³-hybridized carbons (Fsp3) is 0.0833. The molecule has 0 bridgehead atoms. The molecule has 0 atom stereocenters. The Balaban J connectivity index is 1.58. The molecule has 0 saturated carbocycles. The third kappa shape index (κ3) is 3.67. The molecule has 2 amide bonds. The minimum absolute atomic E-state index is 0.0420. The molecule has 9 heteroatoms. The smallest absolute Gasteiger partial charge is 0.282 e. The lowest BCUT2D eigenvalue weighted by Crippen LogP contribution is -2.32. The van der Waals surface area contributed by atoms with Crippen LogP contribution in [0, 0.1) is 17.5 Å². The van der Waals surface area contributed by atoms with E-state index in [4.69, 9.17) is 9.47 Å². The van der Waals surface area contributed by atoms with Crippen molar-refractivity contribution in [2.75, 3.05) is 23.4 Å². The first kappa shape index (κ1) is 20.6. The minimum atomic E-state index is -1.20. The third-order valence-electron chi connectivity index (χ3n) is 5.19. The maximum Gasteiger partial charge on any atom is 0.282 e. The normalized spacial score (nSPS) is 15.3. The molecule has 33 heavy (non-hydrogen) atoms. The maximum atomic E-state index is 13.8. The number of carbonyl (C=O) groups is 2. The van der Waals surface area contributed by atoms with Gasteiger partial charge in [-0.1, -0.05) is 12.1 Å². The quantitative estimate of drug-likeness (QED) is 0.599. The van der Waals surface area contributed by atoms with Crippen molar-refractivity contribution < 1.29 is 32.2 Å². The molecule has 0 saturated heterocycles. The molecule has 166 valence electrons. The number of anilines is 2. The van der Waals surface area contributed by atoms with Gasteiger partial charge in [0.1, 0.15) is 24.7 Å². The lowest BCUT2D eigenvalue weighted by atomic mass is 10.0. The molecule has 1 N–H and O–H groups in total. The van der Waals surface area contributed by atoms with Gasteiger partial charge in [-0.15, -0.1) is 0 Å². The van der Waals surface area contributed by atoms with Gasteiger partial charge in [0, 0.05) is 17.8 Å². The van der Waals surface area contributed by atoms with Gasteiger partial charge in [-0.2, -0.15) is 0 Å². The third-order valence-corrected chi connectivity index (χ3v) is 5.19. The summed E-state index contributed by atoms with van der Waals surface area (Å²) in [7, 11) is 0. The van der Waals surface area contributed by atoms with Gasteiger partial charge in [0.25, 0.3) is 11.8 Å². The fourth-order valence-corrected chi connectivity index (χ4v) is 3.65. The van der Waals surface area contributed by atoms with Gasteiger partial charge < -0.3 is 14.8 Å². The average molecular weight is 452 g/mol. The Hall–Kier alpha value is -4.27. The van der Waals surface area contributed by atoms with E-state index in [0.29, 0.717) is 30.4 Å². The zero-order chi connectivity index (χ0) is 23.1. The topological polar surface area (TPSA) is 67.9 Å². The number of hydrogen-bond donors (Lipinski definition) is 1. The van der Waals surface area contributed by atoms with Gasteiger partial charge in [0.05, 0.1) is 11.3 Å². The Bertz CT molecular complexity index is 1320. The van der Waals surface area contributed by atoms with Gasteiger partial charge >= 0.3 is 0 Å². The number of imide groups is 1. The van der Waals surface area contributed by atoms with Crippen molar-refractivity contribution in [1.29, 1.82) is 0 Å². The lowest BCUT2D eigenvalue weighted by Gasteiger charge is -2.19. The largest absolute Gasteiger partial charge is 0.486 e. The van der Waals surface area contributed by atoms with Gasteiger partial charge in [-0.05, 0) is 42.0 Å². The standard InChI is InChI=1S/C24H15F3N2O4/c25-14-3-1-13(2-4-14)21-22(28-15-5-8-19-20(11-15)33-10-9-32-19)24(31)29(23(21)30)16-6-7-17(26)18(27)12-16/h1-8,11-12,28H,9-10H2. The predicted octanol–water partition coefficient (Wildman–Crippen LogP) is 4.27. The van der Waals surface area contributed by atoms with Crippen molar-refractivity contribution in [2.24, 2.45) is 0 Å². The van der Waals surface area contributed by atoms with Crippen molar-refractivity contribution in [3.63, 3.8) is 0 Å². The van der Waals surface area contributed by atoms with Crippen LogP contribution in [0.4, 0.5) is 24.5 Å². The molecule has 3 aromatic carbocycles. The van der Waals surface area contributed by atoms with E-state index in [1.807, 2.05) is 0 Å². The summed E-state index contributed by atoms with van der Waals surface area (Å²) in [4.78, 5) is 27.3. The zero-order valence-corrected chi connectivity index (χ0v) is 16.9. The van der Waals surface area contributed by atoms with Gasteiger partial charge in [0.15, 0.2) is 23.1 Å². The minimum Gasteiger partial charge on any atom is -0.486 e. The van der Waals surface area contributed by atoms with E-state index >= 15 is 0 Å². The Kier molecular flexibility index (Phi) is 5.01. The number of fused-ring (bicyclic) bond motifs is 1. The molecule has 0 aliphatic carbocycles. The number of hydrogen-bond acceptors (Lipinski definition) is 5. The summed E-state index contributed by atoms with van der Waals surface area (Å²) in [5.41, 5.74) is 0.428. The van der Waals surface area contributed by atoms with Crippen LogP contribution in [0.2, 0.25) is 0 Å². The monoisotopic (exact) mass is 452 g/mol. The van der Waals surface area contributed by atoms with E-state index in [2.05, 4.69) is 5.32 Å². The van der Waals surface area contributed by atoms with Crippen LogP contribution in [0.3, 0.4) is 0 Å². The fourth-order valence-electron chi connectivity index (χ4n) is 3.65. The van der Waals surface area contributed by atoms with Crippen molar-refractivity contribution in [3.8, 4) is 11.5 Å². The molecule has 0 fully saturated rings. The molecule has 0 unspecified atom stereocenters. The van der Waals surface area contributed by atoms with E-state index in [9.17, 15) is 22.8 Å². The van der Waals surface area contributed by atoms with Crippen LogP contribution in [-0.4, -0.2) is 25.0 Å². The van der Waals surface area contributed by atoms with E-state index in [1.165, 1.54) is 12.1 Å².